The number of carbonyl (C=O) groups is 4. The summed E-state index contributed by atoms with van der Waals surface area (Å²) in [5.74, 6) is -1.93. The molecule has 1 aliphatic rings. The lowest BCUT2D eigenvalue weighted by Crippen LogP contribution is -2.44. The highest BCUT2D eigenvalue weighted by molar-refractivity contribution is 5.98. The van der Waals surface area contributed by atoms with Gasteiger partial charge in [0.15, 0.2) is 6.61 Å². The number of amides is 3. The van der Waals surface area contributed by atoms with Crippen molar-refractivity contribution in [3.05, 3.63) is 70.8 Å². The van der Waals surface area contributed by atoms with Gasteiger partial charge in [-0.05, 0) is 43.2 Å². The van der Waals surface area contributed by atoms with Gasteiger partial charge in [0.2, 0.25) is 0 Å². The molecule has 2 N–H and O–H groups in total. The molecule has 156 valence electrons. The number of esters is 2. The molecular weight excluding hydrogens is 388 g/mol. The van der Waals surface area contributed by atoms with Crippen molar-refractivity contribution in [1.82, 2.24) is 10.6 Å². The first-order valence-electron chi connectivity index (χ1n) is 9.50. The molecule has 0 saturated heterocycles. The SMILES string of the molecule is CC(C)NC(=O)NC(=O)COC(=O)c1ccc2c(c1)CC(c1ccccc1)OC2=O. The summed E-state index contributed by atoms with van der Waals surface area (Å²) < 4.78 is 10.5. The molecule has 2 aromatic carbocycles. The van der Waals surface area contributed by atoms with Gasteiger partial charge in [-0.25, -0.2) is 14.4 Å². The number of benzene rings is 2. The molecule has 3 rings (SSSR count). The molecule has 0 aliphatic carbocycles. The van der Waals surface area contributed by atoms with Gasteiger partial charge in [0.1, 0.15) is 6.10 Å². The Labute approximate surface area is 173 Å². The van der Waals surface area contributed by atoms with Crippen molar-refractivity contribution in [2.45, 2.75) is 32.4 Å². The fourth-order valence-corrected chi connectivity index (χ4v) is 3.05. The predicted octanol–water partition coefficient (Wildman–Crippen LogP) is 2.53. The van der Waals surface area contributed by atoms with E-state index in [0.717, 1.165) is 5.56 Å². The number of fused-ring (bicyclic) bond motifs is 1. The van der Waals surface area contributed by atoms with Gasteiger partial charge in [-0.3, -0.25) is 10.1 Å². The fraction of sp³-hybridized carbons (Fsp3) is 0.273. The monoisotopic (exact) mass is 410 g/mol. The fourth-order valence-electron chi connectivity index (χ4n) is 3.05. The average Bonchev–Trinajstić information content (AvgIpc) is 2.71. The lowest BCUT2D eigenvalue weighted by atomic mass is 9.93. The molecule has 1 aliphatic heterocycles. The predicted molar refractivity (Wildman–Crippen MR) is 107 cm³/mol. The quantitative estimate of drug-likeness (QED) is 0.733. The molecule has 1 heterocycles. The van der Waals surface area contributed by atoms with Crippen LogP contribution in [0, 0.1) is 0 Å². The first kappa shape index (κ1) is 21.0. The van der Waals surface area contributed by atoms with Crippen molar-refractivity contribution in [1.29, 1.82) is 0 Å². The molecule has 0 saturated carbocycles. The summed E-state index contributed by atoms with van der Waals surface area (Å²) in [7, 11) is 0. The van der Waals surface area contributed by atoms with Crippen molar-refractivity contribution >= 4 is 23.9 Å². The lowest BCUT2D eigenvalue weighted by Gasteiger charge is -2.25. The first-order valence-corrected chi connectivity index (χ1v) is 9.50. The number of cyclic esters (lactones) is 1. The number of nitrogens with one attached hydrogen (secondary N) is 2. The van der Waals surface area contributed by atoms with E-state index in [1.807, 2.05) is 30.3 Å². The van der Waals surface area contributed by atoms with Crippen LogP contribution in [0.1, 0.15) is 51.8 Å². The molecule has 0 spiro atoms. The largest absolute Gasteiger partial charge is 0.454 e. The molecule has 0 fully saturated rings. The minimum absolute atomic E-state index is 0.137. The number of hydrogen-bond donors (Lipinski definition) is 2. The van der Waals surface area contributed by atoms with E-state index in [9.17, 15) is 19.2 Å². The van der Waals surface area contributed by atoms with Gasteiger partial charge in [0.05, 0.1) is 11.1 Å². The van der Waals surface area contributed by atoms with Crippen molar-refractivity contribution < 1.29 is 28.7 Å². The number of hydrogen-bond acceptors (Lipinski definition) is 6. The molecule has 0 aromatic heterocycles. The maximum Gasteiger partial charge on any atom is 0.339 e. The Morgan fingerprint density at radius 3 is 2.57 bits per heavy atom. The van der Waals surface area contributed by atoms with E-state index < -0.39 is 36.6 Å². The van der Waals surface area contributed by atoms with Crippen LogP contribution >= 0.6 is 0 Å². The molecule has 3 amide bonds. The van der Waals surface area contributed by atoms with Gasteiger partial charge in [0, 0.05) is 12.5 Å². The maximum atomic E-state index is 12.3. The zero-order valence-corrected chi connectivity index (χ0v) is 16.6. The van der Waals surface area contributed by atoms with Crippen LogP contribution in [0.5, 0.6) is 0 Å². The molecule has 1 atom stereocenters. The second kappa shape index (κ2) is 9.21. The smallest absolute Gasteiger partial charge is 0.339 e. The van der Waals surface area contributed by atoms with Crippen molar-refractivity contribution in [3.63, 3.8) is 0 Å². The summed E-state index contributed by atoms with van der Waals surface area (Å²) in [5.41, 5.74) is 2.12. The number of urea groups is 1. The van der Waals surface area contributed by atoms with E-state index >= 15 is 0 Å². The summed E-state index contributed by atoms with van der Waals surface area (Å²) in [6, 6.07) is 13.0. The van der Waals surface area contributed by atoms with E-state index in [1.165, 1.54) is 12.1 Å². The van der Waals surface area contributed by atoms with Gasteiger partial charge in [0.25, 0.3) is 5.91 Å². The van der Waals surface area contributed by atoms with Crippen LogP contribution in [0.15, 0.2) is 48.5 Å². The zero-order valence-electron chi connectivity index (χ0n) is 16.6. The van der Waals surface area contributed by atoms with Crippen LogP contribution < -0.4 is 10.6 Å². The Kier molecular flexibility index (Phi) is 6.46. The number of carbonyl (C=O) groups excluding carboxylic acids is 4. The summed E-state index contributed by atoms with van der Waals surface area (Å²) >= 11 is 0. The van der Waals surface area contributed by atoms with Crippen molar-refractivity contribution in [3.8, 4) is 0 Å². The molecule has 8 nitrogen and oxygen atoms in total. The van der Waals surface area contributed by atoms with E-state index in [0.29, 0.717) is 17.5 Å². The second-order valence-corrected chi connectivity index (χ2v) is 7.13. The third-order valence-corrected chi connectivity index (χ3v) is 4.39. The molecule has 0 radical (unpaired) electrons. The second-order valence-electron chi connectivity index (χ2n) is 7.13. The standard InChI is InChI=1S/C22H22N2O6/c1-13(2)23-22(28)24-19(25)12-29-20(26)15-8-9-17-16(10-15)11-18(30-21(17)27)14-6-4-3-5-7-14/h3-10,13,18H,11-12H2,1-2H3,(H2,23,24,25,28). The number of rotatable bonds is 5. The van der Waals surface area contributed by atoms with Crippen LogP contribution in [0.3, 0.4) is 0 Å². The molecule has 0 bridgehead atoms. The Bertz CT molecular complexity index is 971. The first-order chi connectivity index (χ1) is 14.3. The van der Waals surface area contributed by atoms with E-state index in [4.69, 9.17) is 9.47 Å². The highest BCUT2D eigenvalue weighted by Crippen LogP contribution is 2.31. The maximum absolute atomic E-state index is 12.3. The Morgan fingerprint density at radius 2 is 1.87 bits per heavy atom. The van der Waals surface area contributed by atoms with Gasteiger partial charge >= 0.3 is 18.0 Å². The average molecular weight is 410 g/mol. The van der Waals surface area contributed by atoms with Crippen molar-refractivity contribution in [2.75, 3.05) is 6.61 Å². The minimum atomic E-state index is -0.743. The highest BCUT2D eigenvalue weighted by Gasteiger charge is 2.28. The highest BCUT2D eigenvalue weighted by atomic mass is 16.5. The number of ether oxygens (including phenoxy) is 2. The summed E-state index contributed by atoms with van der Waals surface area (Å²) in [6.45, 7) is 2.90. The van der Waals surface area contributed by atoms with Crippen LogP contribution in [0.4, 0.5) is 4.79 Å². The third kappa shape index (κ3) is 5.22. The molecule has 8 heteroatoms. The summed E-state index contributed by atoms with van der Waals surface area (Å²) in [4.78, 5) is 47.9. The normalized spacial score (nSPS) is 15.0. The summed E-state index contributed by atoms with van der Waals surface area (Å²) in [5, 5.41) is 4.56. The van der Waals surface area contributed by atoms with Crippen LogP contribution in [0.2, 0.25) is 0 Å². The Balaban J connectivity index is 1.64. The van der Waals surface area contributed by atoms with Gasteiger partial charge in [-0.2, -0.15) is 0 Å². The molecule has 1 unspecified atom stereocenters. The van der Waals surface area contributed by atoms with E-state index in [2.05, 4.69) is 10.6 Å². The molecule has 2 aromatic rings. The van der Waals surface area contributed by atoms with Crippen molar-refractivity contribution in [2.24, 2.45) is 0 Å². The minimum Gasteiger partial charge on any atom is -0.454 e. The van der Waals surface area contributed by atoms with Gasteiger partial charge in [-0.1, -0.05) is 30.3 Å². The van der Waals surface area contributed by atoms with E-state index in [1.54, 1.807) is 19.9 Å². The van der Waals surface area contributed by atoms with Gasteiger partial charge in [-0.15, -0.1) is 0 Å². The van der Waals surface area contributed by atoms with Crippen LogP contribution in [-0.4, -0.2) is 36.5 Å². The molecule has 30 heavy (non-hydrogen) atoms. The van der Waals surface area contributed by atoms with Crippen LogP contribution in [-0.2, 0) is 20.7 Å². The molecular formula is C22H22N2O6. The lowest BCUT2D eigenvalue weighted by molar-refractivity contribution is -0.123. The van der Waals surface area contributed by atoms with Gasteiger partial charge < -0.3 is 14.8 Å². The Hall–Kier alpha value is -3.68. The van der Waals surface area contributed by atoms with E-state index in [-0.39, 0.29) is 11.6 Å². The van der Waals surface area contributed by atoms with Crippen LogP contribution in [0.25, 0.3) is 0 Å². The topological polar surface area (TPSA) is 111 Å². The Morgan fingerprint density at radius 1 is 1.13 bits per heavy atom. The third-order valence-electron chi connectivity index (χ3n) is 4.39. The number of imide groups is 1. The summed E-state index contributed by atoms with van der Waals surface area (Å²) in [6.07, 6.45) is -0.0232. The zero-order chi connectivity index (χ0) is 21.7.